The number of anilines is 1. The van der Waals surface area contributed by atoms with Crippen molar-refractivity contribution in [1.82, 2.24) is 5.43 Å². The van der Waals surface area contributed by atoms with E-state index in [0.717, 1.165) is 17.7 Å². The molecule has 0 saturated carbocycles. The van der Waals surface area contributed by atoms with E-state index in [1.54, 1.807) is 12.1 Å². The first-order valence-corrected chi connectivity index (χ1v) is 9.20. The molecule has 0 radical (unpaired) electrons. The number of rotatable bonds is 4. The molecule has 1 heterocycles. The molecule has 1 atom stereocenters. The van der Waals surface area contributed by atoms with E-state index in [1.165, 1.54) is 11.6 Å². The molecule has 23 heavy (non-hydrogen) atoms. The lowest BCUT2D eigenvalue weighted by Gasteiger charge is -2.26. The molecule has 0 amide bonds. The molecular formula is C16H18ClN3O2S. The summed E-state index contributed by atoms with van der Waals surface area (Å²) in [5.41, 5.74) is 6.61. The van der Waals surface area contributed by atoms with Crippen molar-refractivity contribution in [2.75, 3.05) is 5.01 Å². The standard InChI is InChI=1S/C16H18ClN3O2S/c1-11-8-13-4-2-3-5-15(13)20(11)19-10-12-6-7-14(17)16(9-12)23(18,21)22/h2-7,9,11,19H,8,10H2,1H3,(H2,18,21,22). The van der Waals surface area contributed by atoms with Gasteiger partial charge in [0.05, 0.1) is 10.7 Å². The van der Waals surface area contributed by atoms with E-state index < -0.39 is 10.0 Å². The van der Waals surface area contributed by atoms with Crippen LogP contribution in [0.25, 0.3) is 0 Å². The Morgan fingerprint density at radius 2 is 2.04 bits per heavy atom. The Morgan fingerprint density at radius 3 is 2.78 bits per heavy atom. The zero-order valence-electron chi connectivity index (χ0n) is 12.7. The largest absolute Gasteiger partial charge is 0.305 e. The van der Waals surface area contributed by atoms with Crippen molar-refractivity contribution in [1.29, 1.82) is 0 Å². The van der Waals surface area contributed by atoms with Crippen LogP contribution in [0.5, 0.6) is 0 Å². The van der Waals surface area contributed by atoms with Gasteiger partial charge in [-0.25, -0.2) is 19.0 Å². The molecular weight excluding hydrogens is 334 g/mol. The predicted octanol–water partition coefficient (Wildman–Crippen LogP) is 2.44. The van der Waals surface area contributed by atoms with Crippen LogP contribution in [0.4, 0.5) is 5.69 Å². The zero-order chi connectivity index (χ0) is 16.6. The molecule has 1 unspecified atom stereocenters. The molecule has 3 rings (SSSR count). The second-order valence-electron chi connectivity index (χ2n) is 5.70. The van der Waals surface area contributed by atoms with Crippen LogP contribution in [0.3, 0.4) is 0 Å². The number of fused-ring (bicyclic) bond motifs is 1. The fourth-order valence-corrected chi connectivity index (χ4v) is 3.95. The second kappa shape index (κ2) is 6.13. The summed E-state index contributed by atoms with van der Waals surface area (Å²) in [5, 5.41) is 7.43. The fourth-order valence-electron chi connectivity index (χ4n) is 2.86. The fraction of sp³-hybridized carbons (Fsp3) is 0.250. The highest BCUT2D eigenvalue weighted by Crippen LogP contribution is 2.30. The van der Waals surface area contributed by atoms with Gasteiger partial charge in [-0.1, -0.05) is 35.9 Å². The number of nitrogens with two attached hydrogens (primary N) is 1. The number of hydrogen-bond donors (Lipinski definition) is 2. The number of sulfonamides is 1. The Bertz CT molecular complexity index is 839. The summed E-state index contributed by atoms with van der Waals surface area (Å²) in [6.45, 7) is 2.63. The first-order chi connectivity index (χ1) is 10.9. The molecule has 5 nitrogen and oxygen atoms in total. The monoisotopic (exact) mass is 351 g/mol. The summed E-state index contributed by atoms with van der Waals surface area (Å²) in [7, 11) is -3.83. The van der Waals surface area contributed by atoms with Gasteiger partial charge in [-0.3, -0.25) is 0 Å². The van der Waals surface area contributed by atoms with Crippen molar-refractivity contribution in [3.05, 3.63) is 58.6 Å². The van der Waals surface area contributed by atoms with Crippen molar-refractivity contribution in [3.8, 4) is 0 Å². The molecule has 0 saturated heterocycles. The summed E-state index contributed by atoms with van der Waals surface area (Å²) in [6.07, 6.45) is 0.978. The number of benzene rings is 2. The maximum Gasteiger partial charge on any atom is 0.239 e. The number of nitrogens with zero attached hydrogens (tertiary/aromatic N) is 1. The van der Waals surface area contributed by atoms with Crippen LogP contribution in [0.2, 0.25) is 5.02 Å². The lowest BCUT2D eigenvalue weighted by Crippen LogP contribution is -2.41. The summed E-state index contributed by atoms with van der Waals surface area (Å²) in [6, 6.07) is 13.4. The number of para-hydroxylation sites is 1. The van der Waals surface area contributed by atoms with Crippen LogP contribution < -0.4 is 15.6 Å². The zero-order valence-corrected chi connectivity index (χ0v) is 14.2. The minimum absolute atomic E-state index is 0.0478. The summed E-state index contributed by atoms with van der Waals surface area (Å²) < 4.78 is 23.1. The maximum atomic E-state index is 11.5. The predicted molar refractivity (Wildman–Crippen MR) is 91.8 cm³/mol. The summed E-state index contributed by atoms with van der Waals surface area (Å²) in [4.78, 5) is -0.0478. The van der Waals surface area contributed by atoms with Crippen molar-refractivity contribution in [2.24, 2.45) is 5.14 Å². The summed E-state index contributed by atoms with van der Waals surface area (Å²) in [5.74, 6) is 0. The lowest BCUT2D eigenvalue weighted by molar-refractivity contribution is 0.560. The normalized spacial score (nSPS) is 17.3. The highest BCUT2D eigenvalue weighted by Gasteiger charge is 2.25. The number of primary sulfonamides is 1. The van der Waals surface area contributed by atoms with E-state index in [-0.39, 0.29) is 9.92 Å². The van der Waals surface area contributed by atoms with E-state index in [4.69, 9.17) is 16.7 Å². The Morgan fingerprint density at radius 1 is 1.30 bits per heavy atom. The van der Waals surface area contributed by atoms with E-state index >= 15 is 0 Å². The third-order valence-corrected chi connectivity index (χ3v) is 5.36. The Hall–Kier alpha value is -1.60. The molecule has 0 bridgehead atoms. The summed E-state index contributed by atoms with van der Waals surface area (Å²) >= 11 is 5.91. The molecule has 122 valence electrons. The van der Waals surface area contributed by atoms with Gasteiger partial charge in [0.2, 0.25) is 10.0 Å². The SMILES string of the molecule is CC1Cc2ccccc2N1NCc1ccc(Cl)c(S(N)(=O)=O)c1. The van der Waals surface area contributed by atoms with Crippen molar-refractivity contribution < 1.29 is 8.42 Å². The van der Waals surface area contributed by atoms with E-state index in [1.807, 2.05) is 12.1 Å². The van der Waals surface area contributed by atoms with Crippen molar-refractivity contribution in [2.45, 2.75) is 30.8 Å². The topological polar surface area (TPSA) is 75.4 Å². The molecule has 0 fully saturated rings. The quantitative estimate of drug-likeness (QED) is 0.887. The minimum Gasteiger partial charge on any atom is -0.305 e. The van der Waals surface area contributed by atoms with Crippen molar-refractivity contribution in [3.63, 3.8) is 0 Å². The molecule has 0 aromatic heterocycles. The minimum atomic E-state index is -3.83. The van der Waals surface area contributed by atoms with Crippen LogP contribution >= 0.6 is 11.6 Å². The van der Waals surface area contributed by atoms with Gasteiger partial charge < -0.3 is 5.01 Å². The van der Waals surface area contributed by atoms with Gasteiger partial charge in [-0.2, -0.15) is 0 Å². The first-order valence-electron chi connectivity index (χ1n) is 7.28. The highest BCUT2D eigenvalue weighted by atomic mass is 35.5. The molecule has 2 aromatic rings. The molecule has 2 aromatic carbocycles. The first kappa shape index (κ1) is 16.3. The molecule has 1 aliphatic heterocycles. The van der Waals surface area contributed by atoms with Crippen molar-refractivity contribution >= 4 is 27.3 Å². The molecule has 0 spiro atoms. The van der Waals surface area contributed by atoms with Crippen LogP contribution in [0.15, 0.2) is 47.4 Å². The smallest absolute Gasteiger partial charge is 0.239 e. The van der Waals surface area contributed by atoms with Gasteiger partial charge in [-0.15, -0.1) is 0 Å². The number of halogens is 1. The Labute approximate surface area is 141 Å². The van der Waals surface area contributed by atoms with E-state index in [0.29, 0.717) is 12.6 Å². The molecule has 1 aliphatic rings. The average molecular weight is 352 g/mol. The molecule has 3 N–H and O–H groups in total. The number of hydrogen-bond acceptors (Lipinski definition) is 4. The van der Waals surface area contributed by atoms with Crippen LogP contribution in [-0.2, 0) is 23.0 Å². The average Bonchev–Trinajstić information content (AvgIpc) is 2.81. The van der Waals surface area contributed by atoms with Gasteiger partial charge in [0.25, 0.3) is 0 Å². The second-order valence-corrected chi connectivity index (χ2v) is 7.63. The highest BCUT2D eigenvalue weighted by molar-refractivity contribution is 7.89. The lowest BCUT2D eigenvalue weighted by atomic mass is 10.1. The van der Waals surface area contributed by atoms with Crippen LogP contribution in [-0.4, -0.2) is 14.5 Å². The Balaban J connectivity index is 1.79. The van der Waals surface area contributed by atoms with Gasteiger partial charge in [0.15, 0.2) is 0 Å². The molecule has 7 heteroatoms. The molecule has 0 aliphatic carbocycles. The van der Waals surface area contributed by atoms with E-state index in [9.17, 15) is 8.42 Å². The van der Waals surface area contributed by atoms with Gasteiger partial charge >= 0.3 is 0 Å². The number of nitrogens with one attached hydrogen (secondary N) is 1. The van der Waals surface area contributed by atoms with Gasteiger partial charge in [-0.05, 0) is 42.7 Å². The van der Waals surface area contributed by atoms with Crippen LogP contribution in [0, 0.1) is 0 Å². The van der Waals surface area contributed by atoms with Crippen LogP contribution in [0.1, 0.15) is 18.1 Å². The maximum absolute atomic E-state index is 11.5. The van der Waals surface area contributed by atoms with Gasteiger partial charge in [0.1, 0.15) is 4.90 Å². The number of hydrazine groups is 1. The van der Waals surface area contributed by atoms with Gasteiger partial charge in [0, 0.05) is 12.6 Å². The third kappa shape index (κ3) is 3.35. The van der Waals surface area contributed by atoms with E-state index in [2.05, 4.69) is 29.5 Å². The third-order valence-electron chi connectivity index (χ3n) is 3.96. The Kier molecular flexibility index (Phi) is 4.33.